The first-order chi connectivity index (χ1) is 7.75. The zero-order chi connectivity index (χ0) is 11.4. The highest BCUT2D eigenvalue weighted by Crippen LogP contribution is 2.20. The van der Waals surface area contributed by atoms with E-state index in [4.69, 9.17) is 0 Å². The molecular formula is C12H15N3S. The van der Waals surface area contributed by atoms with Crippen molar-refractivity contribution in [3.05, 3.63) is 35.5 Å². The molecule has 0 radical (unpaired) electrons. The molecule has 2 aromatic rings. The van der Waals surface area contributed by atoms with Gasteiger partial charge in [-0.05, 0) is 29.7 Å². The number of rotatable bonds is 4. The molecule has 3 nitrogen and oxygen atoms in total. The highest BCUT2D eigenvalue weighted by Gasteiger charge is 2.04. The van der Waals surface area contributed by atoms with Crippen LogP contribution in [0.4, 0.5) is 0 Å². The smallest absolute Gasteiger partial charge is 0.0845 e. The Morgan fingerprint density at radius 1 is 1.31 bits per heavy atom. The largest absolute Gasteiger partial charge is 0.310 e. The molecule has 2 heterocycles. The van der Waals surface area contributed by atoms with Crippen LogP contribution in [0.5, 0.6) is 0 Å². The minimum atomic E-state index is 0.506. The van der Waals surface area contributed by atoms with Gasteiger partial charge < -0.3 is 5.32 Å². The second-order valence-corrected chi connectivity index (χ2v) is 4.84. The summed E-state index contributed by atoms with van der Waals surface area (Å²) in [5.41, 5.74) is 2.16. The molecule has 2 aromatic heterocycles. The Kier molecular flexibility index (Phi) is 3.64. The van der Waals surface area contributed by atoms with Crippen LogP contribution in [0.1, 0.15) is 18.7 Å². The van der Waals surface area contributed by atoms with Crippen LogP contribution in [-0.2, 0) is 6.54 Å². The summed E-state index contributed by atoms with van der Waals surface area (Å²) in [6.45, 7) is 5.18. The highest BCUT2D eigenvalue weighted by molar-refractivity contribution is 7.06. The summed E-state index contributed by atoms with van der Waals surface area (Å²) in [5.74, 6) is 0. The average Bonchev–Trinajstić information content (AvgIpc) is 2.76. The Morgan fingerprint density at radius 2 is 2.06 bits per heavy atom. The zero-order valence-electron chi connectivity index (χ0n) is 9.47. The second-order valence-electron chi connectivity index (χ2n) is 3.95. The highest BCUT2D eigenvalue weighted by atomic mass is 32.1. The molecule has 0 amide bonds. The maximum atomic E-state index is 4.44. The molecule has 0 aliphatic heterocycles. The first-order valence-electron chi connectivity index (χ1n) is 5.35. The van der Waals surface area contributed by atoms with Crippen molar-refractivity contribution in [3.8, 4) is 11.3 Å². The molecule has 0 bridgehead atoms. The van der Waals surface area contributed by atoms with Gasteiger partial charge in [0.05, 0.1) is 5.69 Å². The summed E-state index contributed by atoms with van der Waals surface area (Å²) in [6.07, 6.45) is 3.58. The number of nitrogens with one attached hydrogen (secondary N) is 1. The van der Waals surface area contributed by atoms with E-state index in [9.17, 15) is 0 Å². The number of nitrogens with zero attached hydrogens (tertiary/aromatic N) is 2. The van der Waals surface area contributed by atoms with Crippen molar-refractivity contribution in [1.82, 2.24) is 14.7 Å². The molecule has 0 saturated carbocycles. The van der Waals surface area contributed by atoms with Crippen LogP contribution in [-0.4, -0.2) is 15.4 Å². The van der Waals surface area contributed by atoms with Crippen molar-refractivity contribution < 1.29 is 0 Å². The molecule has 0 aromatic carbocycles. The van der Waals surface area contributed by atoms with E-state index in [0.717, 1.165) is 17.8 Å². The number of pyridine rings is 1. The van der Waals surface area contributed by atoms with Crippen molar-refractivity contribution >= 4 is 11.5 Å². The summed E-state index contributed by atoms with van der Waals surface area (Å²) in [6, 6.07) is 6.60. The standard InChI is InChI=1S/C12H15N3S/c1-9(2)14-8-11-7-12(15-16-11)10-3-5-13-6-4-10/h3-7,9,14H,8H2,1-2H3. The van der Waals surface area contributed by atoms with E-state index in [2.05, 4.69) is 34.6 Å². The van der Waals surface area contributed by atoms with Gasteiger partial charge in [-0.3, -0.25) is 4.98 Å². The predicted octanol–water partition coefficient (Wildman–Crippen LogP) is 2.70. The van der Waals surface area contributed by atoms with Gasteiger partial charge in [0.1, 0.15) is 0 Å². The lowest BCUT2D eigenvalue weighted by Gasteiger charge is -2.04. The molecule has 16 heavy (non-hydrogen) atoms. The molecule has 0 spiro atoms. The van der Waals surface area contributed by atoms with Crippen LogP contribution < -0.4 is 5.32 Å². The van der Waals surface area contributed by atoms with Crippen LogP contribution in [0.15, 0.2) is 30.6 Å². The van der Waals surface area contributed by atoms with Gasteiger partial charge in [0, 0.05) is 35.4 Å². The summed E-state index contributed by atoms with van der Waals surface area (Å²) in [5, 5.41) is 3.38. The molecule has 84 valence electrons. The quantitative estimate of drug-likeness (QED) is 0.882. The fraction of sp³-hybridized carbons (Fsp3) is 0.333. The lowest BCUT2D eigenvalue weighted by molar-refractivity contribution is 0.593. The molecule has 0 aliphatic carbocycles. The van der Waals surface area contributed by atoms with Gasteiger partial charge in [-0.1, -0.05) is 13.8 Å². The topological polar surface area (TPSA) is 37.8 Å². The fourth-order valence-electron chi connectivity index (χ4n) is 1.36. The zero-order valence-corrected chi connectivity index (χ0v) is 10.3. The third-order valence-electron chi connectivity index (χ3n) is 2.22. The van der Waals surface area contributed by atoms with Gasteiger partial charge in [0.2, 0.25) is 0 Å². The third kappa shape index (κ3) is 2.87. The van der Waals surface area contributed by atoms with E-state index in [0.29, 0.717) is 6.04 Å². The fourth-order valence-corrected chi connectivity index (χ4v) is 2.05. The summed E-state index contributed by atoms with van der Waals surface area (Å²) in [7, 11) is 0. The molecule has 1 N–H and O–H groups in total. The van der Waals surface area contributed by atoms with E-state index in [1.807, 2.05) is 12.1 Å². The molecule has 2 rings (SSSR count). The van der Waals surface area contributed by atoms with Crippen LogP contribution in [0.3, 0.4) is 0 Å². The lowest BCUT2D eigenvalue weighted by Crippen LogP contribution is -2.21. The van der Waals surface area contributed by atoms with Crippen LogP contribution in [0.2, 0.25) is 0 Å². The van der Waals surface area contributed by atoms with Gasteiger partial charge >= 0.3 is 0 Å². The van der Waals surface area contributed by atoms with Gasteiger partial charge in [-0.25, -0.2) is 0 Å². The normalized spacial score (nSPS) is 10.9. The monoisotopic (exact) mass is 233 g/mol. The van der Waals surface area contributed by atoms with E-state index >= 15 is 0 Å². The van der Waals surface area contributed by atoms with Crippen molar-refractivity contribution in [2.75, 3.05) is 0 Å². The summed E-state index contributed by atoms with van der Waals surface area (Å²) >= 11 is 1.55. The van der Waals surface area contributed by atoms with Crippen LogP contribution in [0.25, 0.3) is 11.3 Å². The summed E-state index contributed by atoms with van der Waals surface area (Å²) in [4.78, 5) is 5.26. The maximum Gasteiger partial charge on any atom is 0.0845 e. The summed E-state index contributed by atoms with van der Waals surface area (Å²) < 4.78 is 4.44. The minimum absolute atomic E-state index is 0.506. The van der Waals surface area contributed by atoms with Gasteiger partial charge in [0.25, 0.3) is 0 Å². The van der Waals surface area contributed by atoms with Crippen LogP contribution >= 0.6 is 11.5 Å². The molecule has 0 aliphatic rings. The Labute approximate surface area is 99.7 Å². The third-order valence-corrected chi connectivity index (χ3v) is 3.00. The van der Waals surface area contributed by atoms with Crippen molar-refractivity contribution in [2.24, 2.45) is 0 Å². The average molecular weight is 233 g/mol. The molecule has 0 saturated heterocycles. The minimum Gasteiger partial charge on any atom is -0.310 e. The number of aromatic nitrogens is 2. The van der Waals surface area contributed by atoms with E-state index in [-0.39, 0.29) is 0 Å². The second kappa shape index (κ2) is 5.18. The first-order valence-corrected chi connectivity index (χ1v) is 6.12. The van der Waals surface area contributed by atoms with Crippen molar-refractivity contribution in [1.29, 1.82) is 0 Å². The number of hydrogen-bond donors (Lipinski definition) is 1. The Bertz CT molecular complexity index is 437. The van der Waals surface area contributed by atoms with Crippen molar-refractivity contribution in [3.63, 3.8) is 0 Å². The lowest BCUT2D eigenvalue weighted by atomic mass is 10.2. The van der Waals surface area contributed by atoms with Crippen molar-refractivity contribution in [2.45, 2.75) is 26.4 Å². The SMILES string of the molecule is CC(C)NCc1cc(-c2ccncc2)ns1. The molecule has 0 atom stereocenters. The molecule has 0 unspecified atom stereocenters. The molecule has 4 heteroatoms. The molecule has 0 fully saturated rings. The first kappa shape index (κ1) is 11.2. The maximum absolute atomic E-state index is 4.44. The Morgan fingerprint density at radius 3 is 2.75 bits per heavy atom. The van der Waals surface area contributed by atoms with E-state index in [1.165, 1.54) is 4.88 Å². The van der Waals surface area contributed by atoms with E-state index in [1.54, 1.807) is 23.9 Å². The molecular weight excluding hydrogens is 218 g/mol. The van der Waals surface area contributed by atoms with E-state index < -0.39 is 0 Å². The van der Waals surface area contributed by atoms with Gasteiger partial charge in [-0.15, -0.1) is 0 Å². The number of hydrogen-bond acceptors (Lipinski definition) is 4. The van der Waals surface area contributed by atoms with Gasteiger partial charge in [0.15, 0.2) is 0 Å². The Hall–Kier alpha value is -1.26. The van der Waals surface area contributed by atoms with Gasteiger partial charge in [-0.2, -0.15) is 4.37 Å². The predicted molar refractivity (Wildman–Crippen MR) is 67.3 cm³/mol. The Balaban J connectivity index is 2.08. The van der Waals surface area contributed by atoms with Crippen LogP contribution in [0, 0.1) is 0 Å².